The van der Waals surface area contributed by atoms with E-state index in [4.69, 9.17) is 0 Å². The fourth-order valence-electron chi connectivity index (χ4n) is 2.18. The van der Waals surface area contributed by atoms with E-state index >= 15 is 0 Å². The smallest absolute Gasteiger partial charge is 0.372 e. The van der Waals surface area contributed by atoms with Crippen LogP contribution in [0.3, 0.4) is 0 Å². The quantitative estimate of drug-likeness (QED) is 0.450. The molecule has 2 N–H and O–H groups in total. The van der Waals surface area contributed by atoms with Gasteiger partial charge in [0.05, 0.1) is 21.2 Å². The number of rotatable bonds is 6. The molecule has 0 bridgehead atoms. The molecular formula is C14H10F3N5O4S2. The van der Waals surface area contributed by atoms with Crippen LogP contribution in [0.1, 0.15) is 5.82 Å². The molecule has 3 aromatic rings. The van der Waals surface area contributed by atoms with Gasteiger partial charge in [0, 0.05) is 6.07 Å². The van der Waals surface area contributed by atoms with E-state index in [9.17, 15) is 31.7 Å². The van der Waals surface area contributed by atoms with Crippen molar-refractivity contribution >= 4 is 32.5 Å². The Balaban J connectivity index is 1.84. The number of aromatic amines is 1. The van der Waals surface area contributed by atoms with Crippen LogP contribution in [-0.4, -0.2) is 34.0 Å². The molecule has 14 heteroatoms. The first-order valence-electron chi connectivity index (χ1n) is 7.38. The molecule has 0 aliphatic carbocycles. The highest BCUT2D eigenvalue weighted by Crippen LogP contribution is 2.34. The molecule has 0 spiro atoms. The summed E-state index contributed by atoms with van der Waals surface area (Å²) >= 11 is 1.41. The fraction of sp³-hybridized carbons (Fsp3) is 0.143. The number of nitro groups is 1. The summed E-state index contributed by atoms with van der Waals surface area (Å²) in [5.41, 5.74) is -6.54. The number of hydrogen-bond acceptors (Lipinski definition) is 8. The van der Waals surface area contributed by atoms with Gasteiger partial charge in [0.25, 0.3) is 15.5 Å². The Kier molecular flexibility index (Phi) is 5.08. The molecular weight excluding hydrogens is 423 g/mol. The first kappa shape index (κ1) is 19.8. The summed E-state index contributed by atoms with van der Waals surface area (Å²) in [7, 11) is -5.70. The van der Waals surface area contributed by atoms with Crippen LogP contribution < -0.4 is 5.32 Å². The summed E-state index contributed by atoms with van der Waals surface area (Å²) in [6.07, 6.45) is 0. The third kappa shape index (κ3) is 3.82. The average Bonchev–Trinajstić information content (AvgIpc) is 3.30. The first-order chi connectivity index (χ1) is 13.1. The summed E-state index contributed by atoms with van der Waals surface area (Å²) in [6.45, 7) is -0.0510. The Bertz CT molecular complexity index is 1110. The van der Waals surface area contributed by atoms with Crippen LogP contribution in [0.15, 0.2) is 40.6 Å². The van der Waals surface area contributed by atoms with Gasteiger partial charge in [-0.15, -0.1) is 11.3 Å². The van der Waals surface area contributed by atoms with Gasteiger partial charge in [-0.25, -0.2) is 13.4 Å². The summed E-state index contributed by atoms with van der Waals surface area (Å²) in [5.74, 6) is 0.748. The van der Waals surface area contributed by atoms with Gasteiger partial charge >= 0.3 is 5.51 Å². The van der Waals surface area contributed by atoms with Gasteiger partial charge < -0.3 is 5.32 Å². The topological polar surface area (TPSA) is 131 Å². The van der Waals surface area contributed by atoms with Crippen LogP contribution in [0.2, 0.25) is 0 Å². The van der Waals surface area contributed by atoms with E-state index in [1.54, 1.807) is 6.07 Å². The SMILES string of the molecule is O=[N+]([O-])c1cc(S(=O)(=O)C(F)(F)F)ccc1NCc1nc(-c2cccs2)n[nH]1. The van der Waals surface area contributed by atoms with Crippen LogP contribution in [0, 0.1) is 10.1 Å². The Morgan fingerprint density at radius 1 is 1.29 bits per heavy atom. The Morgan fingerprint density at radius 2 is 2.04 bits per heavy atom. The van der Waals surface area contributed by atoms with Crippen molar-refractivity contribution in [3.05, 3.63) is 51.7 Å². The van der Waals surface area contributed by atoms with E-state index in [0.29, 0.717) is 23.8 Å². The van der Waals surface area contributed by atoms with E-state index in [1.807, 2.05) is 11.4 Å². The molecule has 0 atom stereocenters. The maximum atomic E-state index is 12.6. The van der Waals surface area contributed by atoms with Gasteiger partial charge in [0.1, 0.15) is 11.5 Å². The molecule has 0 saturated heterocycles. The van der Waals surface area contributed by atoms with E-state index in [1.165, 1.54) is 11.3 Å². The van der Waals surface area contributed by atoms with E-state index in [-0.39, 0.29) is 12.2 Å². The number of aromatic nitrogens is 3. The number of nitro benzene ring substituents is 1. The lowest BCUT2D eigenvalue weighted by Crippen LogP contribution is -2.23. The predicted molar refractivity (Wildman–Crippen MR) is 93.4 cm³/mol. The lowest BCUT2D eigenvalue weighted by molar-refractivity contribution is -0.384. The van der Waals surface area contributed by atoms with E-state index in [2.05, 4.69) is 20.5 Å². The molecule has 0 aliphatic heterocycles. The predicted octanol–water partition coefficient (Wildman–Crippen LogP) is 3.35. The zero-order valence-corrected chi connectivity index (χ0v) is 15.2. The molecule has 2 aromatic heterocycles. The normalized spacial score (nSPS) is 12.1. The first-order valence-corrected chi connectivity index (χ1v) is 9.74. The van der Waals surface area contributed by atoms with Gasteiger partial charge in [-0.3, -0.25) is 15.2 Å². The van der Waals surface area contributed by atoms with Crippen molar-refractivity contribution in [2.75, 3.05) is 5.32 Å². The summed E-state index contributed by atoms with van der Waals surface area (Å²) in [5, 5.41) is 22.3. The molecule has 0 radical (unpaired) electrons. The minimum Gasteiger partial charge on any atom is -0.372 e. The van der Waals surface area contributed by atoms with Crippen LogP contribution in [0.25, 0.3) is 10.7 Å². The van der Waals surface area contributed by atoms with Crippen molar-refractivity contribution in [2.45, 2.75) is 16.9 Å². The van der Waals surface area contributed by atoms with Crippen LogP contribution in [-0.2, 0) is 16.4 Å². The van der Waals surface area contributed by atoms with Crippen molar-refractivity contribution in [2.24, 2.45) is 0 Å². The standard InChI is InChI=1S/C14H10F3N5O4S2/c15-14(16,17)28(25,26)8-3-4-9(10(6-8)22(23)24)18-7-12-19-13(21-20-12)11-2-1-5-27-11/h1-6,18H,7H2,(H,19,20,21). The Morgan fingerprint density at radius 3 is 2.64 bits per heavy atom. The second kappa shape index (κ2) is 7.20. The summed E-state index contributed by atoms with van der Waals surface area (Å²) < 4.78 is 60.8. The highest BCUT2D eigenvalue weighted by molar-refractivity contribution is 7.92. The number of nitrogens with zero attached hydrogens (tertiary/aromatic N) is 3. The largest absolute Gasteiger partial charge is 0.501 e. The third-order valence-corrected chi connectivity index (χ3v) is 5.85. The second-order valence-electron chi connectivity index (χ2n) is 5.32. The molecule has 1 aromatic carbocycles. The van der Waals surface area contributed by atoms with Crippen LogP contribution in [0.4, 0.5) is 24.5 Å². The monoisotopic (exact) mass is 433 g/mol. The lowest BCUT2D eigenvalue weighted by atomic mass is 10.2. The molecule has 148 valence electrons. The zero-order chi connectivity index (χ0) is 20.5. The van der Waals surface area contributed by atoms with Gasteiger partial charge in [-0.1, -0.05) is 6.07 Å². The van der Waals surface area contributed by atoms with Crippen molar-refractivity contribution in [3.63, 3.8) is 0 Å². The molecule has 28 heavy (non-hydrogen) atoms. The number of alkyl halides is 3. The molecule has 0 saturated carbocycles. The number of nitrogens with one attached hydrogen (secondary N) is 2. The lowest BCUT2D eigenvalue weighted by Gasteiger charge is -2.10. The number of sulfone groups is 1. The molecule has 0 fully saturated rings. The van der Waals surface area contributed by atoms with Crippen LogP contribution >= 0.6 is 11.3 Å². The highest BCUT2D eigenvalue weighted by Gasteiger charge is 2.47. The maximum Gasteiger partial charge on any atom is 0.501 e. The molecule has 3 rings (SSSR count). The van der Waals surface area contributed by atoms with Gasteiger partial charge in [-0.2, -0.15) is 18.3 Å². The van der Waals surface area contributed by atoms with Gasteiger partial charge in [0.2, 0.25) is 0 Å². The average molecular weight is 433 g/mol. The Hall–Kier alpha value is -3.00. The highest BCUT2D eigenvalue weighted by atomic mass is 32.2. The van der Waals surface area contributed by atoms with Crippen molar-refractivity contribution in [1.29, 1.82) is 0 Å². The number of benzene rings is 1. The second-order valence-corrected chi connectivity index (χ2v) is 8.21. The minimum atomic E-state index is -5.70. The number of hydrogen-bond donors (Lipinski definition) is 2. The number of thiophene rings is 1. The maximum absolute atomic E-state index is 12.6. The molecule has 2 heterocycles. The summed E-state index contributed by atoms with van der Waals surface area (Å²) in [6, 6.07) is 5.52. The van der Waals surface area contributed by atoms with Gasteiger partial charge in [0.15, 0.2) is 5.82 Å². The number of anilines is 1. The van der Waals surface area contributed by atoms with Crippen LogP contribution in [0.5, 0.6) is 0 Å². The Labute approximate surface area is 159 Å². The third-order valence-electron chi connectivity index (χ3n) is 3.50. The van der Waals surface area contributed by atoms with Crippen molar-refractivity contribution in [1.82, 2.24) is 15.2 Å². The molecule has 0 unspecified atom stereocenters. The van der Waals surface area contributed by atoms with E-state index < -0.39 is 30.9 Å². The van der Waals surface area contributed by atoms with E-state index in [0.717, 1.165) is 10.9 Å². The molecule has 9 nitrogen and oxygen atoms in total. The number of halogens is 3. The summed E-state index contributed by atoms with van der Waals surface area (Å²) in [4.78, 5) is 14.0. The molecule has 0 amide bonds. The van der Waals surface area contributed by atoms with Crippen molar-refractivity contribution in [3.8, 4) is 10.7 Å². The fourth-order valence-corrected chi connectivity index (χ4v) is 3.62. The van der Waals surface area contributed by atoms with Crippen molar-refractivity contribution < 1.29 is 26.5 Å². The number of H-pyrrole nitrogens is 1. The zero-order valence-electron chi connectivity index (χ0n) is 13.6. The minimum absolute atomic E-state index is 0.0510. The molecule has 0 aliphatic rings. The van der Waals surface area contributed by atoms with Gasteiger partial charge in [-0.05, 0) is 23.6 Å².